The summed E-state index contributed by atoms with van der Waals surface area (Å²) in [6.45, 7) is 2.11. The average molecular weight is 330 g/mol. The number of hydrogen-bond acceptors (Lipinski definition) is 4. The Bertz CT molecular complexity index is 793. The molecule has 0 bridgehead atoms. The SMILES string of the molecule is CC(O)(CNC(=O)NCc1csc2ccccc12)c1ccco1. The quantitative estimate of drug-likeness (QED) is 0.672. The van der Waals surface area contributed by atoms with E-state index in [0.717, 1.165) is 10.9 Å². The number of hydrogen-bond donors (Lipinski definition) is 3. The fourth-order valence-corrected chi connectivity index (χ4v) is 3.29. The van der Waals surface area contributed by atoms with Crippen molar-refractivity contribution in [3.05, 3.63) is 59.4 Å². The van der Waals surface area contributed by atoms with Gasteiger partial charge >= 0.3 is 6.03 Å². The summed E-state index contributed by atoms with van der Waals surface area (Å²) in [4.78, 5) is 11.9. The zero-order chi connectivity index (χ0) is 16.3. The van der Waals surface area contributed by atoms with Gasteiger partial charge in [-0.3, -0.25) is 0 Å². The van der Waals surface area contributed by atoms with Gasteiger partial charge in [0.1, 0.15) is 11.4 Å². The van der Waals surface area contributed by atoms with E-state index >= 15 is 0 Å². The zero-order valence-electron chi connectivity index (χ0n) is 12.7. The van der Waals surface area contributed by atoms with Gasteiger partial charge in [0.15, 0.2) is 0 Å². The van der Waals surface area contributed by atoms with Crippen LogP contribution in [0.5, 0.6) is 0 Å². The molecule has 0 fully saturated rings. The molecule has 1 unspecified atom stereocenters. The van der Waals surface area contributed by atoms with Crippen molar-refractivity contribution < 1.29 is 14.3 Å². The lowest BCUT2D eigenvalue weighted by Crippen LogP contribution is -2.43. The number of aliphatic hydroxyl groups is 1. The van der Waals surface area contributed by atoms with Crippen molar-refractivity contribution in [2.24, 2.45) is 0 Å². The highest BCUT2D eigenvalue weighted by Gasteiger charge is 2.26. The van der Waals surface area contributed by atoms with Gasteiger partial charge in [-0.05, 0) is 41.5 Å². The van der Waals surface area contributed by atoms with Gasteiger partial charge in [0.05, 0.1) is 12.8 Å². The van der Waals surface area contributed by atoms with Gasteiger partial charge in [-0.15, -0.1) is 11.3 Å². The molecule has 0 saturated heterocycles. The van der Waals surface area contributed by atoms with E-state index in [1.807, 2.05) is 23.6 Å². The molecule has 3 rings (SSSR count). The van der Waals surface area contributed by atoms with Crippen LogP contribution in [0.1, 0.15) is 18.2 Å². The number of furan rings is 1. The summed E-state index contributed by atoms with van der Waals surface area (Å²) in [5, 5.41) is 19.0. The number of urea groups is 1. The maximum absolute atomic E-state index is 11.9. The van der Waals surface area contributed by atoms with E-state index in [9.17, 15) is 9.90 Å². The van der Waals surface area contributed by atoms with Gasteiger partial charge in [0.2, 0.25) is 0 Å². The molecule has 23 heavy (non-hydrogen) atoms. The van der Waals surface area contributed by atoms with E-state index in [2.05, 4.69) is 16.7 Å². The van der Waals surface area contributed by atoms with Gasteiger partial charge in [0, 0.05) is 11.2 Å². The molecule has 120 valence electrons. The van der Waals surface area contributed by atoms with Crippen LogP contribution in [-0.2, 0) is 12.1 Å². The number of thiophene rings is 1. The van der Waals surface area contributed by atoms with Crippen molar-refractivity contribution in [1.82, 2.24) is 10.6 Å². The third kappa shape index (κ3) is 3.55. The van der Waals surface area contributed by atoms with Gasteiger partial charge in [-0.1, -0.05) is 18.2 Å². The Kier molecular flexibility index (Phi) is 4.36. The third-order valence-electron chi connectivity index (χ3n) is 3.65. The van der Waals surface area contributed by atoms with E-state index in [4.69, 9.17) is 4.42 Å². The van der Waals surface area contributed by atoms with Gasteiger partial charge in [-0.2, -0.15) is 0 Å². The van der Waals surface area contributed by atoms with Crippen molar-refractivity contribution in [1.29, 1.82) is 0 Å². The number of benzene rings is 1. The molecule has 5 nitrogen and oxygen atoms in total. The Morgan fingerprint density at radius 2 is 2.09 bits per heavy atom. The first kappa shape index (κ1) is 15.6. The summed E-state index contributed by atoms with van der Waals surface area (Å²) >= 11 is 1.66. The molecule has 2 aromatic heterocycles. The van der Waals surface area contributed by atoms with Crippen LogP contribution >= 0.6 is 11.3 Å². The second-order valence-corrected chi connectivity index (χ2v) is 6.46. The predicted octanol–water partition coefficient (Wildman–Crippen LogP) is 3.20. The van der Waals surface area contributed by atoms with Crippen molar-refractivity contribution in [2.75, 3.05) is 6.54 Å². The Labute approximate surface area is 137 Å². The normalized spacial score (nSPS) is 13.7. The highest BCUT2D eigenvalue weighted by molar-refractivity contribution is 7.17. The van der Waals surface area contributed by atoms with Crippen molar-refractivity contribution in [2.45, 2.75) is 19.1 Å². The molecule has 3 N–H and O–H groups in total. The zero-order valence-corrected chi connectivity index (χ0v) is 13.5. The van der Waals surface area contributed by atoms with Gasteiger partial charge in [-0.25, -0.2) is 4.79 Å². The summed E-state index contributed by atoms with van der Waals surface area (Å²) in [7, 11) is 0. The van der Waals surface area contributed by atoms with Gasteiger partial charge in [0.25, 0.3) is 0 Å². The van der Waals surface area contributed by atoms with E-state index in [0.29, 0.717) is 12.3 Å². The number of rotatable bonds is 5. The van der Waals surface area contributed by atoms with Crippen molar-refractivity contribution in [3.63, 3.8) is 0 Å². The summed E-state index contributed by atoms with van der Waals surface area (Å²) in [5.74, 6) is 0.418. The number of fused-ring (bicyclic) bond motifs is 1. The minimum Gasteiger partial charge on any atom is -0.466 e. The fraction of sp³-hybridized carbons (Fsp3) is 0.235. The molecule has 0 aliphatic rings. The second kappa shape index (κ2) is 6.44. The summed E-state index contributed by atoms with van der Waals surface area (Å²) < 4.78 is 6.38. The van der Waals surface area contributed by atoms with Crippen molar-refractivity contribution >= 4 is 27.5 Å². The highest BCUT2D eigenvalue weighted by Crippen LogP contribution is 2.25. The molecule has 0 saturated carbocycles. The second-order valence-electron chi connectivity index (χ2n) is 5.54. The number of amides is 2. The molecule has 2 amide bonds. The Balaban J connectivity index is 1.54. The number of nitrogens with one attached hydrogen (secondary N) is 2. The summed E-state index contributed by atoms with van der Waals surface area (Å²) in [6.07, 6.45) is 1.49. The van der Waals surface area contributed by atoms with Crippen LogP contribution in [0.4, 0.5) is 4.79 Å². The van der Waals surface area contributed by atoms with Crippen molar-refractivity contribution in [3.8, 4) is 0 Å². The molecule has 1 atom stereocenters. The first-order chi connectivity index (χ1) is 11.1. The molecule has 0 aliphatic heterocycles. The standard InChI is InChI=1S/C17H18N2O3S/c1-17(21,15-7-4-8-22-15)11-19-16(20)18-9-12-10-23-14-6-3-2-5-13(12)14/h2-8,10,21H,9,11H2,1H3,(H2,18,19,20). The molecule has 6 heteroatoms. The predicted molar refractivity (Wildman–Crippen MR) is 90.3 cm³/mol. The molecular formula is C17H18N2O3S. The van der Waals surface area contributed by atoms with Gasteiger partial charge < -0.3 is 20.2 Å². The van der Waals surface area contributed by atoms with Crippen LogP contribution in [0.25, 0.3) is 10.1 Å². The van der Waals surface area contributed by atoms with Crippen LogP contribution in [0, 0.1) is 0 Å². The third-order valence-corrected chi connectivity index (χ3v) is 4.66. The number of carbonyl (C=O) groups is 1. The van der Waals surface area contributed by atoms with E-state index < -0.39 is 5.60 Å². The minimum absolute atomic E-state index is 0.0662. The lowest BCUT2D eigenvalue weighted by atomic mass is 10.0. The van der Waals surface area contributed by atoms with Crippen LogP contribution in [0.15, 0.2) is 52.5 Å². The molecule has 0 radical (unpaired) electrons. The summed E-state index contributed by atoms with van der Waals surface area (Å²) in [6, 6.07) is 11.1. The van der Waals surface area contributed by atoms with E-state index in [1.54, 1.807) is 30.4 Å². The monoisotopic (exact) mass is 330 g/mol. The number of carbonyl (C=O) groups excluding carboxylic acids is 1. The minimum atomic E-state index is -1.24. The lowest BCUT2D eigenvalue weighted by Gasteiger charge is -2.21. The maximum atomic E-state index is 11.9. The van der Waals surface area contributed by atoms with Crippen LogP contribution in [-0.4, -0.2) is 17.7 Å². The van der Waals surface area contributed by atoms with E-state index in [-0.39, 0.29) is 12.6 Å². The fourth-order valence-electron chi connectivity index (χ4n) is 2.33. The lowest BCUT2D eigenvalue weighted by molar-refractivity contribution is 0.0367. The molecule has 1 aromatic carbocycles. The first-order valence-corrected chi connectivity index (χ1v) is 8.17. The van der Waals surface area contributed by atoms with Crippen LogP contribution in [0.3, 0.4) is 0 Å². The smallest absolute Gasteiger partial charge is 0.315 e. The largest absolute Gasteiger partial charge is 0.466 e. The molecule has 2 heterocycles. The Hall–Kier alpha value is -2.31. The topological polar surface area (TPSA) is 74.5 Å². The Morgan fingerprint density at radius 3 is 2.87 bits per heavy atom. The average Bonchev–Trinajstić information content (AvgIpc) is 3.21. The van der Waals surface area contributed by atoms with Crippen LogP contribution < -0.4 is 10.6 Å². The first-order valence-electron chi connectivity index (χ1n) is 7.29. The molecule has 0 aliphatic carbocycles. The Morgan fingerprint density at radius 1 is 1.26 bits per heavy atom. The molecule has 0 spiro atoms. The molecule has 3 aromatic rings. The maximum Gasteiger partial charge on any atom is 0.315 e. The summed E-state index contributed by atoms with van der Waals surface area (Å²) in [5.41, 5.74) is -0.158. The van der Waals surface area contributed by atoms with Crippen LogP contribution in [0.2, 0.25) is 0 Å². The molecular weight excluding hydrogens is 312 g/mol. The van der Waals surface area contributed by atoms with E-state index in [1.165, 1.54) is 11.0 Å². The highest BCUT2D eigenvalue weighted by atomic mass is 32.1.